The number of hydrogen-bond donors (Lipinski definition) is 0. The Hall–Kier alpha value is -1.92. The maximum atomic E-state index is 13.3. The Labute approximate surface area is 99.4 Å². The largest absolute Gasteiger partial charge is 0.461 e. The van der Waals surface area contributed by atoms with Gasteiger partial charge < -0.3 is 4.74 Å². The molecule has 18 heavy (non-hydrogen) atoms. The molecule has 0 radical (unpaired) electrons. The predicted molar refractivity (Wildman–Crippen MR) is 52.3 cm³/mol. The van der Waals surface area contributed by atoms with Crippen LogP contribution in [0.2, 0.25) is 0 Å². The van der Waals surface area contributed by atoms with Gasteiger partial charge in [0.05, 0.1) is 12.2 Å². The SMILES string of the molecule is CCOC(=O)C(F)(F)C(=O)c1c(F)cccc1F. The summed E-state index contributed by atoms with van der Waals surface area (Å²) in [7, 11) is 0. The lowest BCUT2D eigenvalue weighted by Gasteiger charge is -2.14. The van der Waals surface area contributed by atoms with Crippen LogP contribution in [0.25, 0.3) is 0 Å². The third-order valence-electron chi connectivity index (χ3n) is 2.01. The van der Waals surface area contributed by atoms with E-state index >= 15 is 0 Å². The fourth-order valence-corrected chi connectivity index (χ4v) is 1.19. The highest BCUT2D eigenvalue weighted by atomic mass is 19.3. The number of benzene rings is 1. The number of ketones is 1. The minimum Gasteiger partial charge on any atom is -0.461 e. The average molecular weight is 264 g/mol. The van der Waals surface area contributed by atoms with Crippen molar-refractivity contribution in [2.75, 3.05) is 6.61 Å². The molecule has 0 aliphatic rings. The van der Waals surface area contributed by atoms with Gasteiger partial charge in [0.2, 0.25) is 5.78 Å². The molecule has 1 aromatic carbocycles. The smallest absolute Gasteiger partial charge is 0.404 e. The van der Waals surface area contributed by atoms with E-state index in [0.717, 1.165) is 6.07 Å². The summed E-state index contributed by atoms with van der Waals surface area (Å²) in [4.78, 5) is 22.2. The quantitative estimate of drug-likeness (QED) is 0.363. The number of hydrogen-bond acceptors (Lipinski definition) is 3. The van der Waals surface area contributed by atoms with Gasteiger partial charge in [-0.3, -0.25) is 4.79 Å². The van der Waals surface area contributed by atoms with Crippen molar-refractivity contribution in [3.8, 4) is 0 Å². The Bertz CT molecular complexity index is 465. The Morgan fingerprint density at radius 3 is 2.17 bits per heavy atom. The molecule has 0 bridgehead atoms. The second-order valence-corrected chi connectivity index (χ2v) is 3.22. The lowest BCUT2D eigenvalue weighted by Crippen LogP contribution is -2.40. The molecule has 0 aromatic heterocycles. The molecule has 1 aromatic rings. The van der Waals surface area contributed by atoms with Crippen LogP contribution in [-0.2, 0) is 9.53 Å². The Morgan fingerprint density at radius 2 is 1.72 bits per heavy atom. The number of rotatable bonds is 4. The predicted octanol–water partition coefficient (Wildman–Crippen LogP) is 2.35. The number of ether oxygens (including phenoxy) is 1. The first-order chi connectivity index (χ1) is 8.32. The highest BCUT2D eigenvalue weighted by Gasteiger charge is 2.50. The second kappa shape index (κ2) is 5.16. The van der Waals surface area contributed by atoms with Crippen LogP contribution in [0.1, 0.15) is 17.3 Å². The molecule has 0 spiro atoms. The van der Waals surface area contributed by atoms with Crippen molar-refractivity contribution < 1.29 is 31.9 Å². The lowest BCUT2D eigenvalue weighted by atomic mass is 10.0. The van der Waals surface area contributed by atoms with Gasteiger partial charge in [0.15, 0.2) is 0 Å². The summed E-state index contributed by atoms with van der Waals surface area (Å²) in [5.41, 5.74) is -1.46. The highest BCUT2D eigenvalue weighted by Crippen LogP contribution is 2.25. The maximum Gasteiger partial charge on any atom is 0.404 e. The summed E-state index contributed by atoms with van der Waals surface area (Å²) in [5.74, 6) is -12.0. The number of halogens is 4. The van der Waals surface area contributed by atoms with E-state index in [1.165, 1.54) is 6.92 Å². The highest BCUT2D eigenvalue weighted by molar-refractivity contribution is 6.14. The first-order valence-electron chi connectivity index (χ1n) is 4.86. The van der Waals surface area contributed by atoms with Crippen LogP contribution in [0.3, 0.4) is 0 Å². The molecule has 7 heteroatoms. The van der Waals surface area contributed by atoms with Gasteiger partial charge in [0.25, 0.3) is 0 Å². The molecule has 1 rings (SSSR count). The van der Waals surface area contributed by atoms with Gasteiger partial charge in [0.1, 0.15) is 11.6 Å². The molecule has 0 saturated carbocycles. The van der Waals surface area contributed by atoms with Crippen molar-refractivity contribution in [1.29, 1.82) is 0 Å². The standard InChI is InChI=1S/C11H8F4O3/c1-2-18-10(17)11(14,15)9(16)8-6(12)4-3-5-7(8)13/h3-5H,2H2,1H3. The zero-order chi connectivity index (χ0) is 13.9. The van der Waals surface area contributed by atoms with Gasteiger partial charge in [-0.25, -0.2) is 13.6 Å². The van der Waals surface area contributed by atoms with Crippen LogP contribution >= 0.6 is 0 Å². The average Bonchev–Trinajstić information content (AvgIpc) is 2.28. The lowest BCUT2D eigenvalue weighted by molar-refractivity contribution is -0.164. The van der Waals surface area contributed by atoms with E-state index in [9.17, 15) is 27.2 Å². The summed E-state index contributed by atoms with van der Waals surface area (Å²) in [5, 5.41) is 0. The summed E-state index contributed by atoms with van der Waals surface area (Å²) in [6.07, 6.45) is 0. The molecule has 0 fully saturated rings. The molecule has 0 amide bonds. The van der Waals surface area contributed by atoms with Crippen molar-refractivity contribution >= 4 is 11.8 Å². The number of alkyl halides is 2. The molecule has 98 valence electrons. The number of Topliss-reactive ketones (excluding diaryl/α,β-unsaturated/α-hetero) is 1. The monoisotopic (exact) mass is 264 g/mol. The molecule has 0 aliphatic heterocycles. The summed E-state index contributed by atoms with van der Waals surface area (Å²) >= 11 is 0. The molecule has 0 N–H and O–H groups in total. The van der Waals surface area contributed by atoms with Crippen molar-refractivity contribution in [1.82, 2.24) is 0 Å². The van der Waals surface area contributed by atoms with E-state index in [-0.39, 0.29) is 6.61 Å². The fraction of sp³-hybridized carbons (Fsp3) is 0.273. The molecule has 0 atom stereocenters. The molecule has 0 heterocycles. The van der Waals surface area contributed by atoms with E-state index in [1.807, 2.05) is 0 Å². The van der Waals surface area contributed by atoms with Crippen molar-refractivity contribution in [3.05, 3.63) is 35.4 Å². The van der Waals surface area contributed by atoms with Crippen LogP contribution < -0.4 is 0 Å². The molecule has 0 aliphatic carbocycles. The van der Waals surface area contributed by atoms with Gasteiger partial charge in [-0.05, 0) is 19.1 Å². The molecular formula is C11H8F4O3. The van der Waals surface area contributed by atoms with Crippen molar-refractivity contribution in [2.24, 2.45) is 0 Å². The molecular weight excluding hydrogens is 256 g/mol. The van der Waals surface area contributed by atoms with Gasteiger partial charge in [-0.1, -0.05) is 6.07 Å². The molecule has 0 saturated heterocycles. The van der Waals surface area contributed by atoms with E-state index in [4.69, 9.17) is 0 Å². The van der Waals surface area contributed by atoms with E-state index in [2.05, 4.69) is 4.74 Å². The van der Waals surface area contributed by atoms with Gasteiger partial charge in [-0.2, -0.15) is 8.78 Å². The topological polar surface area (TPSA) is 43.4 Å². The molecule has 3 nitrogen and oxygen atoms in total. The first-order valence-corrected chi connectivity index (χ1v) is 4.86. The zero-order valence-corrected chi connectivity index (χ0v) is 9.18. The van der Waals surface area contributed by atoms with E-state index in [1.54, 1.807) is 0 Å². The Morgan fingerprint density at radius 1 is 1.22 bits per heavy atom. The van der Waals surface area contributed by atoms with Gasteiger partial charge in [0, 0.05) is 0 Å². The Kier molecular flexibility index (Phi) is 4.05. The second-order valence-electron chi connectivity index (χ2n) is 3.22. The normalized spacial score (nSPS) is 11.2. The minimum atomic E-state index is -4.63. The van der Waals surface area contributed by atoms with Crippen LogP contribution in [0, 0.1) is 11.6 Å². The third-order valence-corrected chi connectivity index (χ3v) is 2.01. The third kappa shape index (κ3) is 2.49. The summed E-state index contributed by atoms with van der Waals surface area (Å²) in [6.45, 7) is 0.865. The molecule has 0 unspecified atom stereocenters. The summed E-state index contributed by atoms with van der Waals surface area (Å²) in [6, 6.07) is 2.18. The van der Waals surface area contributed by atoms with Crippen LogP contribution in [0.5, 0.6) is 0 Å². The van der Waals surface area contributed by atoms with Crippen LogP contribution in [-0.4, -0.2) is 24.3 Å². The zero-order valence-electron chi connectivity index (χ0n) is 9.18. The van der Waals surface area contributed by atoms with Gasteiger partial charge >= 0.3 is 11.9 Å². The van der Waals surface area contributed by atoms with Crippen LogP contribution in [0.4, 0.5) is 17.6 Å². The number of carbonyl (C=O) groups excluding carboxylic acids is 2. The van der Waals surface area contributed by atoms with Crippen LogP contribution in [0.15, 0.2) is 18.2 Å². The van der Waals surface area contributed by atoms with Crippen molar-refractivity contribution in [2.45, 2.75) is 12.8 Å². The van der Waals surface area contributed by atoms with Gasteiger partial charge in [-0.15, -0.1) is 0 Å². The maximum absolute atomic E-state index is 13.3. The number of esters is 1. The van der Waals surface area contributed by atoms with E-state index in [0.29, 0.717) is 12.1 Å². The minimum absolute atomic E-state index is 0.387. The van der Waals surface area contributed by atoms with E-state index < -0.39 is 34.9 Å². The first kappa shape index (κ1) is 14.1. The fourth-order valence-electron chi connectivity index (χ4n) is 1.19. The van der Waals surface area contributed by atoms with Crippen molar-refractivity contribution in [3.63, 3.8) is 0 Å². The summed E-state index contributed by atoms with van der Waals surface area (Å²) < 4.78 is 56.8. The number of carbonyl (C=O) groups is 2. The Balaban J connectivity index is 3.18.